The Morgan fingerprint density at radius 2 is 2.00 bits per heavy atom. The molecule has 4 nitrogen and oxygen atoms in total. The van der Waals surface area contributed by atoms with Crippen LogP contribution in [0.15, 0.2) is 46.9 Å². The topological polar surface area (TPSA) is 38.5 Å². The molecule has 1 unspecified atom stereocenters. The molecule has 0 saturated carbocycles. The van der Waals surface area contributed by atoms with Crippen LogP contribution in [-0.4, -0.2) is 36.2 Å². The van der Waals surface area contributed by atoms with Crippen LogP contribution in [0.3, 0.4) is 0 Å². The maximum absolute atomic E-state index is 5.94. The van der Waals surface area contributed by atoms with E-state index in [1.807, 2.05) is 6.92 Å². The fourth-order valence-electron chi connectivity index (χ4n) is 3.26. The van der Waals surface area contributed by atoms with E-state index < -0.39 is 0 Å². The third-order valence-electron chi connectivity index (χ3n) is 4.82. The summed E-state index contributed by atoms with van der Waals surface area (Å²) in [4.78, 5) is 7.06. The van der Waals surface area contributed by atoms with E-state index in [9.17, 15) is 0 Å². The van der Waals surface area contributed by atoms with Crippen LogP contribution in [-0.2, 0) is 11.3 Å². The van der Waals surface area contributed by atoms with E-state index in [0.29, 0.717) is 11.9 Å². The first-order chi connectivity index (χ1) is 11.7. The number of aromatic nitrogens is 1. The predicted octanol–water partition coefficient (Wildman–Crippen LogP) is 4.02. The number of ether oxygens (including phenoxy) is 1. The van der Waals surface area contributed by atoms with Crippen molar-refractivity contribution in [3.63, 3.8) is 0 Å². The van der Waals surface area contributed by atoms with Gasteiger partial charge in [0.05, 0.1) is 12.3 Å². The van der Waals surface area contributed by atoms with Gasteiger partial charge in [0.25, 0.3) is 0 Å². The summed E-state index contributed by atoms with van der Waals surface area (Å²) in [5.41, 5.74) is 2.03. The van der Waals surface area contributed by atoms with E-state index in [2.05, 4.69) is 54.4 Å². The number of nitrogens with zero attached hydrogens (tertiary/aromatic N) is 2. The second kappa shape index (κ2) is 6.38. The number of benzene rings is 2. The molecule has 0 bridgehead atoms. The maximum Gasteiger partial charge on any atom is 0.226 e. The quantitative estimate of drug-likeness (QED) is 0.727. The van der Waals surface area contributed by atoms with Gasteiger partial charge in [-0.15, -0.1) is 0 Å². The molecule has 1 fully saturated rings. The average Bonchev–Trinajstić information content (AvgIpc) is 3.25. The Labute approximate surface area is 142 Å². The van der Waals surface area contributed by atoms with Crippen LogP contribution in [0.1, 0.15) is 17.9 Å². The number of rotatable bonds is 4. The van der Waals surface area contributed by atoms with Crippen molar-refractivity contribution in [2.75, 3.05) is 20.3 Å². The molecule has 4 heteroatoms. The highest BCUT2D eigenvalue weighted by Gasteiger charge is 2.22. The average molecular weight is 322 g/mol. The lowest BCUT2D eigenvalue weighted by Crippen LogP contribution is -2.31. The molecule has 1 aliphatic rings. The number of hydrogen-bond donors (Lipinski definition) is 0. The first-order valence-electron chi connectivity index (χ1n) is 8.44. The van der Waals surface area contributed by atoms with Crippen LogP contribution in [0.2, 0.25) is 0 Å². The van der Waals surface area contributed by atoms with Crippen LogP contribution in [0, 0.1) is 6.92 Å². The summed E-state index contributed by atoms with van der Waals surface area (Å²) in [5, 5.41) is 2.43. The van der Waals surface area contributed by atoms with E-state index in [1.54, 1.807) is 0 Å². The number of hydrogen-bond acceptors (Lipinski definition) is 4. The van der Waals surface area contributed by atoms with Crippen molar-refractivity contribution in [3.05, 3.63) is 53.9 Å². The molecule has 124 valence electrons. The molecule has 24 heavy (non-hydrogen) atoms. The van der Waals surface area contributed by atoms with Crippen molar-refractivity contribution < 1.29 is 9.15 Å². The van der Waals surface area contributed by atoms with Gasteiger partial charge in [0.1, 0.15) is 5.76 Å². The zero-order chi connectivity index (χ0) is 16.5. The van der Waals surface area contributed by atoms with Gasteiger partial charge in [-0.25, -0.2) is 4.98 Å². The third-order valence-corrected chi connectivity index (χ3v) is 4.82. The Hall–Kier alpha value is -2.17. The molecule has 0 N–H and O–H groups in total. The molecule has 0 radical (unpaired) electrons. The standard InChI is InChI=1S/C20H22N2O2/c1-14-19(12-22(2)18-9-10-23-13-18)21-20(24-14)17-8-7-15-5-3-4-6-16(15)11-17/h3-8,11,18H,9-10,12-13H2,1-2H3. The lowest BCUT2D eigenvalue weighted by molar-refractivity contribution is 0.155. The van der Waals surface area contributed by atoms with Gasteiger partial charge in [-0.3, -0.25) is 4.90 Å². The van der Waals surface area contributed by atoms with E-state index in [4.69, 9.17) is 14.1 Å². The van der Waals surface area contributed by atoms with Gasteiger partial charge in [0.2, 0.25) is 5.89 Å². The summed E-state index contributed by atoms with van der Waals surface area (Å²) in [5.74, 6) is 1.59. The smallest absolute Gasteiger partial charge is 0.226 e. The molecule has 2 heterocycles. The van der Waals surface area contributed by atoms with Gasteiger partial charge in [-0.05, 0) is 43.3 Å². The molecule has 2 aromatic carbocycles. The second-order valence-electron chi connectivity index (χ2n) is 6.52. The Morgan fingerprint density at radius 1 is 1.17 bits per heavy atom. The van der Waals surface area contributed by atoms with Crippen molar-refractivity contribution >= 4 is 10.8 Å². The van der Waals surface area contributed by atoms with Crippen molar-refractivity contribution in [3.8, 4) is 11.5 Å². The highest BCUT2D eigenvalue weighted by atomic mass is 16.5. The molecule has 1 atom stereocenters. The van der Waals surface area contributed by atoms with Gasteiger partial charge in [0, 0.05) is 24.8 Å². The molecule has 0 spiro atoms. The number of fused-ring (bicyclic) bond motifs is 1. The van der Waals surface area contributed by atoms with Crippen LogP contribution in [0.25, 0.3) is 22.2 Å². The van der Waals surface area contributed by atoms with Crippen LogP contribution < -0.4 is 0 Å². The number of likely N-dealkylation sites (N-methyl/N-ethyl adjacent to an activating group) is 1. The minimum Gasteiger partial charge on any atom is -0.441 e. The fraction of sp³-hybridized carbons (Fsp3) is 0.350. The Balaban J connectivity index is 1.59. The molecular weight excluding hydrogens is 300 g/mol. The van der Waals surface area contributed by atoms with E-state index in [1.165, 1.54) is 10.8 Å². The van der Waals surface area contributed by atoms with Gasteiger partial charge >= 0.3 is 0 Å². The maximum atomic E-state index is 5.94. The summed E-state index contributed by atoms with van der Waals surface area (Å²) in [6.07, 6.45) is 1.09. The SMILES string of the molecule is Cc1oc(-c2ccc3ccccc3c2)nc1CN(C)C1CCOC1. The summed E-state index contributed by atoms with van der Waals surface area (Å²) >= 11 is 0. The molecule has 1 aromatic heterocycles. The normalized spacial score (nSPS) is 17.9. The van der Waals surface area contributed by atoms with Crippen LogP contribution in [0.4, 0.5) is 0 Å². The molecule has 0 amide bonds. The largest absolute Gasteiger partial charge is 0.441 e. The van der Waals surface area contributed by atoms with Gasteiger partial charge in [-0.2, -0.15) is 0 Å². The van der Waals surface area contributed by atoms with Gasteiger partial charge in [-0.1, -0.05) is 30.3 Å². The minimum atomic E-state index is 0.477. The Bertz CT molecular complexity index is 850. The first-order valence-corrected chi connectivity index (χ1v) is 8.44. The molecule has 4 rings (SSSR count). The number of aryl methyl sites for hydroxylation is 1. The monoisotopic (exact) mass is 322 g/mol. The van der Waals surface area contributed by atoms with E-state index >= 15 is 0 Å². The zero-order valence-corrected chi connectivity index (χ0v) is 14.2. The lowest BCUT2D eigenvalue weighted by atomic mass is 10.1. The van der Waals surface area contributed by atoms with Crippen molar-refractivity contribution in [1.29, 1.82) is 0 Å². The zero-order valence-electron chi connectivity index (χ0n) is 14.2. The van der Waals surface area contributed by atoms with Crippen molar-refractivity contribution in [2.45, 2.75) is 25.9 Å². The van der Waals surface area contributed by atoms with E-state index in [-0.39, 0.29) is 0 Å². The van der Waals surface area contributed by atoms with Gasteiger partial charge < -0.3 is 9.15 Å². The molecule has 1 aliphatic heterocycles. The van der Waals surface area contributed by atoms with Gasteiger partial charge in [0.15, 0.2) is 0 Å². The number of oxazole rings is 1. The summed E-state index contributed by atoms with van der Waals surface area (Å²) in [6, 6.07) is 15.1. The highest BCUT2D eigenvalue weighted by molar-refractivity contribution is 5.86. The van der Waals surface area contributed by atoms with Crippen LogP contribution >= 0.6 is 0 Å². The van der Waals surface area contributed by atoms with Crippen LogP contribution in [0.5, 0.6) is 0 Å². The summed E-state index contributed by atoms with van der Waals surface area (Å²) in [6.45, 7) is 4.45. The molecule has 1 saturated heterocycles. The predicted molar refractivity (Wildman–Crippen MR) is 94.9 cm³/mol. The first kappa shape index (κ1) is 15.4. The Kier molecular flexibility index (Phi) is 4.08. The summed E-state index contributed by atoms with van der Waals surface area (Å²) in [7, 11) is 2.13. The Morgan fingerprint density at radius 3 is 2.79 bits per heavy atom. The second-order valence-corrected chi connectivity index (χ2v) is 6.52. The van der Waals surface area contributed by atoms with Crippen molar-refractivity contribution in [1.82, 2.24) is 9.88 Å². The minimum absolute atomic E-state index is 0.477. The molecular formula is C20H22N2O2. The third kappa shape index (κ3) is 2.95. The molecule has 3 aromatic rings. The summed E-state index contributed by atoms with van der Waals surface area (Å²) < 4.78 is 11.4. The van der Waals surface area contributed by atoms with Crippen molar-refractivity contribution in [2.24, 2.45) is 0 Å². The highest BCUT2D eigenvalue weighted by Crippen LogP contribution is 2.26. The fourth-order valence-corrected chi connectivity index (χ4v) is 3.26. The lowest BCUT2D eigenvalue weighted by Gasteiger charge is -2.21. The molecule has 0 aliphatic carbocycles. The van der Waals surface area contributed by atoms with E-state index in [0.717, 1.165) is 43.2 Å².